The van der Waals surface area contributed by atoms with Gasteiger partial charge < -0.3 is 15.1 Å². The first kappa shape index (κ1) is 9.03. The van der Waals surface area contributed by atoms with Crippen molar-refractivity contribution < 1.29 is 9.90 Å². The maximum absolute atomic E-state index is 10.8. The number of aromatic amines is 2. The van der Waals surface area contributed by atoms with Crippen molar-refractivity contribution in [1.82, 2.24) is 9.97 Å². The highest BCUT2D eigenvalue weighted by atomic mass is 16.4. The highest BCUT2D eigenvalue weighted by Crippen LogP contribution is 2.27. The molecule has 0 saturated carbocycles. The molecule has 0 radical (unpaired) electrons. The van der Waals surface area contributed by atoms with E-state index in [1.54, 1.807) is 6.07 Å². The van der Waals surface area contributed by atoms with Gasteiger partial charge in [0.05, 0.1) is 16.6 Å². The van der Waals surface area contributed by atoms with Crippen LogP contribution >= 0.6 is 0 Å². The zero-order valence-corrected chi connectivity index (χ0v) is 8.66. The summed E-state index contributed by atoms with van der Waals surface area (Å²) in [4.78, 5) is 17.0. The Morgan fingerprint density at radius 3 is 2.81 bits per heavy atom. The van der Waals surface area contributed by atoms with Crippen molar-refractivity contribution in [3.8, 4) is 0 Å². The Bertz CT molecular complexity index is 706. The van der Waals surface area contributed by atoms with Gasteiger partial charge in [0.25, 0.3) is 0 Å². The smallest absolute Gasteiger partial charge is 0.352 e. The molecule has 16 heavy (non-hydrogen) atoms. The molecule has 80 valence electrons. The van der Waals surface area contributed by atoms with Crippen LogP contribution in [-0.4, -0.2) is 21.0 Å². The fraction of sp³-hybridized carbons (Fsp3) is 0.0833. The molecule has 2 heterocycles. The standard InChI is InChI=1S/C12H10N2O2/c1-6-3-2-4-7-10(6)13-8-5-9(12(15)16)14-11(7)8/h2-5,13-14H,1H3,(H,15,16). The van der Waals surface area contributed by atoms with Gasteiger partial charge in [0.2, 0.25) is 0 Å². The molecule has 0 aliphatic carbocycles. The minimum absolute atomic E-state index is 0.213. The van der Waals surface area contributed by atoms with Gasteiger partial charge in [-0.25, -0.2) is 4.79 Å². The number of aryl methyl sites for hydroxylation is 1. The molecule has 0 amide bonds. The van der Waals surface area contributed by atoms with Crippen molar-refractivity contribution in [1.29, 1.82) is 0 Å². The van der Waals surface area contributed by atoms with Gasteiger partial charge in [0, 0.05) is 5.39 Å². The van der Waals surface area contributed by atoms with E-state index in [1.807, 2.05) is 25.1 Å². The van der Waals surface area contributed by atoms with Crippen LogP contribution < -0.4 is 0 Å². The lowest BCUT2D eigenvalue weighted by atomic mass is 10.1. The van der Waals surface area contributed by atoms with Crippen LogP contribution in [0.1, 0.15) is 16.1 Å². The number of benzene rings is 1. The summed E-state index contributed by atoms with van der Waals surface area (Å²) in [7, 11) is 0. The molecule has 0 spiro atoms. The zero-order chi connectivity index (χ0) is 11.3. The average molecular weight is 214 g/mol. The third-order valence-electron chi connectivity index (χ3n) is 2.85. The molecule has 0 bridgehead atoms. The van der Waals surface area contributed by atoms with Crippen LogP contribution in [0, 0.1) is 6.92 Å². The number of carboxylic acid groups (broad SMARTS) is 1. The molecule has 3 N–H and O–H groups in total. The number of aromatic carboxylic acids is 1. The molecule has 0 aliphatic rings. The van der Waals surface area contributed by atoms with E-state index in [-0.39, 0.29) is 5.69 Å². The molecule has 2 aromatic heterocycles. The zero-order valence-electron chi connectivity index (χ0n) is 8.66. The Hall–Kier alpha value is -2.23. The molecule has 0 saturated heterocycles. The minimum atomic E-state index is -0.939. The second-order valence-electron chi connectivity index (χ2n) is 3.90. The molecule has 3 aromatic rings. The highest BCUT2D eigenvalue weighted by molar-refractivity contribution is 6.08. The summed E-state index contributed by atoms with van der Waals surface area (Å²) in [5.41, 5.74) is 4.11. The van der Waals surface area contributed by atoms with Gasteiger partial charge in [0.15, 0.2) is 0 Å². The molecular formula is C12H10N2O2. The third kappa shape index (κ3) is 1.07. The van der Waals surface area contributed by atoms with Gasteiger partial charge in [-0.3, -0.25) is 0 Å². The molecule has 0 aliphatic heterocycles. The number of fused-ring (bicyclic) bond motifs is 3. The molecular weight excluding hydrogens is 204 g/mol. The Morgan fingerprint density at radius 1 is 1.25 bits per heavy atom. The van der Waals surface area contributed by atoms with Gasteiger partial charge >= 0.3 is 5.97 Å². The number of para-hydroxylation sites is 1. The molecule has 0 fully saturated rings. The van der Waals surface area contributed by atoms with Crippen LogP contribution in [0.4, 0.5) is 0 Å². The van der Waals surface area contributed by atoms with Crippen molar-refractivity contribution in [2.24, 2.45) is 0 Å². The first-order chi connectivity index (χ1) is 7.66. The Morgan fingerprint density at radius 2 is 2.06 bits per heavy atom. The van der Waals surface area contributed by atoms with Crippen molar-refractivity contribution >= 4 is 27.9 Å². The van der Waals surface area contributed by atoms with Crippen LogP contribution in [-0.2, 0) is 0 Å². The van der Waals surface area contributed by atoms with E-state index in [1.165, 1.54) is 0 Å². The highest BCUT2D eigenvalue weighted by Gasteiger charge is 2.12. The number of hydrogen-bond donors (Lipinski definition) is 3. The summed E-state index contributed by atoms with van der Waals surface area (Å²) in [6.07, 6.45) is 0. The molecule has 0 atom stereocenters. The van der Waals surface area contributed by atoms with Gasteiger partial charge in [0.1, 0.15) is 5.69 Å². The summed E-state index contributed by atoms with van der Waals surface area (Å²) in [6, 6.07) is 7.59. The number of nitrogens with one attached hydrogen (secondary N) is 2. The first-order valence-corrected chi connectivity index (χ1v) is 5.00. The van der Waals surface area contributed by atoms with Crippen LogP contribution in [0.25, 0.3) is 21.9 Å². The van der Waals surface area contributed by atoms with Gasteiger partial charge in [-0.05, 0) is 18.6 Å². The Labute approximate surface area is 90.9 Å². The lowest BCUT2D eigenvalue weighted by molar-refractivity contribution is 0.0691. The van der Waals surface area contributed by atoms with Gasteiger partial charge in [-0.1, -0.05) is 18.2 Å². The van der Waals surface area contributed by atoms with E-state index >= 15 is 0 Å². The van der Waals surface area contributed by atoms with Gasteiger partial charge in [-0.15, -0.1) is 0 Å². The van der Waals surface area contributed by atoms with E-state index < -0.39 is 5.97 Å². The third-order valence-corrected chi connectivity index (χ3v) is 2.85. The number of H-pyrrole nitrogens is 2. The molecule has 4 heteroatoms. The number of carboxylic acids is 1. The monoisotopic (exact) mass is 214 g/mol. The molecule has 1 aromatic carbocycles. The van der Waals surface area contributed by atoms with Crippen molar-refractivity contribution in [3.63, 3.8) is 0 Å². The summed E-state index contributed by atoms with van der Waals surface area (Å²) >= 11 is 0. The fourth-order valence-corrected chi connectivity index (χ4v) is 2.06. The van der Waals surface area contributed by atoms with Crippen LogP contribution in [0.15, 0.2) is 24.3 Å². The second-order valence-corrected chi connectivity index (χ2v) is 3.90. The summed E-state index contributed by atoms with van der Waals surface area (Å²) < 4.78 is 0. The lowest BCUT2D eigenvalue weighted by Gasteiger charge is -1.94. The molecule has 0 unspecified atom stereocenters. The van der Waals surface area contributed by atoms with E-state index in [2.05, 4.69) is 9.97 Å². The lowest BCUT2D eigenvalue weighted by Crippen LogP contribution is -1.95. The summed E-state index contributed by atoms with van der Waals surface area (Å²) in [5.74, 6) is -0.939. The Kier molecular flexibility index (Phi) is 1.63. The van der Waals surface area contributed by atoms with E-state index in [4.69, 9.17) is 5.11 Å². The Balaban J connectivity index is 2.43. The van der Waals surface area contributed by atoms with Crippen LogP contribution in [0.3, 0.4) is 0 Å². The molecule has 3 rings (SSSR count). The summed E-state index contributed by atoms with van der Waals surface area (Å²) in [6.45, 7) is 2.02. The normalized spacial score (nSPS) is 11.3. The number of aromatic nitrogens is 2. The fourth-order valence-electron chi connectivity index (χ4n) is 2.06. The number of hydrogen-bond acceptors (Lipinski definition) is 1. The van der Waals surface area contributed by atoms with Crippen molar-refractivity contribution in [2.45, 2.75) is 6.92 Å². The molecule has 4 nitrogen and oxygen atoms in total. The number of carbonyl (C=O) groups is 1. The van der Waals surface area contributed by atoms with E-state index in [0.29, 0.717) is 0 Å². The van der Waals surface area contributed by atoms with E-state index in [0.717, 1.165) is 27.5 Å². The minimum Gasteiger partial charge on any atom is -0.477 e. The predicted molar refractivity (Wildman–Crippen MR) is 61.9 cm³/mol. The predicted octanol–water partition coefficient (Wildman–Crippen LogP) is 2.66. The quantitative estimate of drug-likeness (QED) is 0.582. The average Bonchev–Trinajstić information content (AvgIpc) is 2.76. The van der Waals surface area contributed by atoms with E-state index in [9.17, 15) is 4.79 Å². The topological polar surface area (TPSA) is 68.9 Å². The maximum atomic E-state index is 10.8. The first-order valence-electron chi connectivity index (χ1n) is 5.00. The van der Waals surface area contributed by atoms with Gasteiger partial charge in [-0.2, -0.15) is 0 Å². The summed E-state index contributed by atoms with van der Waals surface area (Å²) in [5, 5.41) is 9.92. The van der Waals surface area contributed by atoms with Crippen molar-refractivity contribution in [2.75, 3.05) is 0 Å². The van der Waals surface area contributed by atoms with Crippen LogP contribution in [0.2, 0.25) is 0 Å². The van der Waals surface area contributed by atoms with Crippen LogP contribution in [0.5, 0.6) is 0 Å². The SMILES string of the molecule is Cc1cccc2c1[nH]c1cc(C(=O)O)[nH]c12. The number of rotatable bonds is 1. The largest absolute Gasteiger partial charge is 0.477 e. The second kappa shape index (κ2) is 2.88. The maximum Gasteiger partial charge on any atom is 0.352 e. The van der Waals surface area contributed by atoms with Crippen molar-refractivity contribution in [3.05, 3.63) is 35.5 Å².